The first kappa shape index (κ1) is 14.1. The fourth-order valence-corrected chi connectivity index (χ4v) is 2.28. The van der Waals surface area contributed by atoms with E-state index in [0.29, 0.717) is 12.2 Å². The van der Waals surface area contributed by atoms with Crippen LogP contribution in [-0.4, -0.2) is 29.4 Å². The van der Waals surface area contributed by atoms with Crippen LogP contribution in [0.1, 0.15) is 19.8 Å². The number of aryl methyl sites for hydroxylation is 1. The van der Waals surface area contributed by atoms with E-state index < -0.39 is 0 Å². The van der Waals surface area contributed by atoms with Crippen molar-refractivity contribution in [1.29, 1.82) is 0 Å². The number of hydrogen-bond donors (Lipinski definition) is 2. The van der Waals surface area contributed by atoms with Crippen LogP contribution in [0.3, 0.4) is 0 Å². The molecule has 0 atom stereocenters. The first-order chi connectivity index (χ1) is 9.22. The minimum Gasteiger partial charge on any atom is -0.382 e. The molecule has 0 bridgehead atoms. The standard InChI is InChI=1S/C13H19ClN4O/c1-2-18-13(19)12(14)11(9-17-18)16-8-5-10-3-6-15-7-4-10/h3,9,15-16H,2,4-8H2,1H3. The lowest BCUT2D eigenvalue weighted by molar-refractivity contribution is 0.616. The second-order valence-corrected chi connectivity index (χ2v) is 4.86. The molecule has 0 spiro atoms. The van der Waals surface area contributed by atoms with Crippen molar-refractivity contribution in [3.8, 4) is 0 Å². The van der Waals surface area contributed by atoms with Gasteiger partial charge < -0.3 is 10.6 Å². The summed E-state index contributed by atoms with van der Waals surface area (Å²) >= 11 is 6.04. The van der Waals surface area contributed by atoms with E-state index in [9.17, 15) is 4.79 Å². The van der Waals surface area contributed by atoms with Gasteiger partial charge in [0.1, 0.15) is 5.02 Å². The summed E-state index contributed by atoms with van der Waals surface area (Å²) in [4.78, 5) is 11.8. The molecule has 104 valence electrons. The number of hydrogen-bond acceptors (Lipinski definition) is 4. The average Bonchev–Trinajstić information content (AvgIpc) is 2.45. The van der Waals surface area contributed by atoms with E-state index >= 15 is 0 Å². The van der Waals surface area contributed by atoms with Crippen LogP contribution in [0.5, 0.6) is 0 Å². The molecule has 2 rings (SSSR count). The van der Waals surface area contributed by atoms with Gasteiger partial charge >= 0.3 is 0 Å². The maximum absolute atomic E-state index is 11.8. The smallest absolute Gasteiger partial charge is 0.287 e. The second-order valence-electron chi connectivity index (χ2n) is 4.49. The van der Waals surface area contributed by atoms with Gasteiger partial charge in [-0.1, -0.05) is 23.3 Å². The number of halogens is 1. The van der Waals surface area contributed by atoms with Gasteiger partial charge in [-0.25, -0.2) is 4.68 Å². The largest absolute Gasteiger partial charge is 0.382 e. The highest BCUT2D eigenvalue weighted by atomic mass is 35.5. The monoisotopic (exact) mass is 282 g/mol. The van der Waals surface area contributed by atoms with Crippen LogP contribution in [0.25, 0.3) is 0 Å². The summed E-state index contributed by atoms with van der Waals surface area (Å²) < 4.78 is 1.35. The third-order valence-corrected chi connectivity index (χ3v) is 3.57. The molecule has 0 saturated heterocycles. The molecular formula is C13H19ClN4O. The molecule has 6 heteroatoms. The first-order valence-corrected chi connectivity index (χ1v) is 6.98. The highest BCUT2D eigenvalue weighted by molar-refractivity contribution is 6.32. The summed E-state index contributed by atoms with van der Waals surface area (Å²) in [5.74, 6) is 0. The lowest BCUT2D eigenvalue weighted by Crippen LogP contribution is -2.24. The van der Waals surface area contributed by atoms with Gasteiger partial charge in [-0.3, -0.25) is 4.79 Å². The SMILES string of the molecule is CCn1ncc(NCCC2=CCNCC2)c(Cl)c1=O. The Morgan fingerprint density at radius 3 is 3.11 bits per heavy atom. The lowest BCUT2D eigenvalue weighted by atomic mass is 10.1. The molecule has 1 aromatic rings. The van der Waals surface area contributed by atoms with Gasteiger partial charge in [0.15, 0.2) is 0 Å². The third-order valence-electron chi connectivity index (χ3n) is 3.20. The Morgan fingerprint density at radius 2 is 2.42 bits per heavy atom. The van der Waals surface area contributed by atoms with Gasteiger partial charge in [-0.2, -0.15) is 5.10 Å². The van der Waals surface area contributed by atoms with Crippen LogP contribution in [0.4, 0.5) is 5.69 Å². The van der Waals surface area contributed by atoms with Crippen LogP contribution < -0.4 is 16.2 Å². The molecule has 1 aliphatic heterocycles. The Hall–Kier alpha value is -1.33. The second kappa shape index (κ2) is 6.73. The van der Waals surface area contributed by atoms with Gasteiger partial charge in [0.2, 0.25) is 0 Å². The van der Waals surface area contributed by atoms with E-state index in [1.807, 2.05) is 6.92 Å². The van der Waals surface area contributed by atoms with Crippen molar-refractivity contribution in [3.63, 3.8) is 0 Å². The number of nitrogens with one attached hydrogen (secondary N) is 2. The van der Waals surface area contributed by atoms with E-state index in [1.165, 1.54) is 10.3 Å². The maximum Gasteiger partial charge on any atom is 0.287 e. The molecule has 19 heavy (non-hydrogen) atoms. The molecular weight excluding hydrogens is 264 g/mol. The van der Waals surface area contributed by atoms with Crippen LogP contribution in [-0.2, 0) is 6.54 Å². The van der Waals surface area contributed by atoms with E-state index in [1.54, 1.807) is 6.20 Å². The predicted octanol–water partition coefficient (Wildman–Crippen LogP) is 1.64. The predicted molar refractivity (Wildman–Crippen MR) is 77.9 cm³/mol. The van der Waals surface area contributed by atoms with Crippen molar-refractivity contribution in [2.75, 3.05) is 25.0 Å². The molecule has 1 aliphatic rings. The summed E-state index contributed by atoms with van der Waals surface area (Å²) in [7, 11) is 0. The van der Waals surface area contributed by atoms with Crippen molar-refractivity contribution >= 4 is 17.3 Å². The van der Waals surface area contributed by atoms with Crippen molar-refractivity contribution in [2.45, 2.75) is 26.3 Å². The quantitative estimate of drug-likeness (QED) is 0.806. The minimum absolute atomic E-state index is 0.219. The van der Waals surface area contributed by atoms with Crippen LogP contribution >= 0.6 is 11.6 Å². The topological polar surface area (TPSA) is 59.0 Å². The average molecular weight is 283 g/mol. The molecule has 0 amide bonds. The summed E-state index contributed by atoms with van der Waals surface area (Å²) in [6, 6.07) is 0. The molecule has 0 unspecified atom stereocenters. The Bertz CT molecular complexity index is 524. The van der Waals surface area contributed by atoms with Crippen LogP contribution in [0, 0.1) is 0 Å². The molecule has 0 aliphatic carbocycles. The van der Waals surface area contributed by atoms with Gasteiger partial charge in [0, 0.05) is 19.6 Å². The van der Waals surface area contributed by atoms with Crippen LogP contribution in [0.15, 0.2) is 22.6 Å². The molecule has 2 N–H and O–H groups in total. The fourth-order valence-electron chi connectivity index (χ4n) is 2.07. The fraction of sp³-hybridized carbons (Fsp3) is 0.538. The number of rotatable bonds is 5. The van der Waals surface area contributed by atoms with E-state index in [0.717, 1.165) is 32.5 Å². The Labute approximate surface area is 117 Å². The summed E-state index contributed by atoms with van der Waals surface area (Å²) in [5, 5.41) is 10.7. The van der Waals surface area contributed by atoms with Crippen LogP contribution in [0.2, 0.25) is 5.02 Å². The Morgan fingerprint density at radius 1 is 1.58 bits per heavy atom. The van der Waals surface area contributed by atoms with E-state index in [2.05, 4.69) is 21.8 Å². The van der Waals surface area contributed by atoms with Gasteiger partial charge in [0.25, 0.3) is 5.56 Å². The van der Waals surface area contributed by atoms with Crippen molar-refractivity contribution in [1.82, 2.24) is 15.1 Å². The van der Waals surface area contributed by atoms with Gasteiger partial charge in [-0.15, -0.1) is 0 Å². The zero-order chi connectivity index (χ0) is 13.7. The molecule has 0 radical (unpaired) electrons. The highest BCUT2D eigenvalue weighted by Gasteiger charge is 2.08. The lowest BCUT2D eigenvalue weighted by Gasteiger charge is -2.15. The summed E-state index contributed by atoms with van der Waals surface area (Å²) in [5.41, 5.74) is 1.82. The third kappa shape index (κ3) is 3.58. The maximum atomic E-state index is 11.8. The first-order valence-electron chi connectivity index (χ1n) is 6.60. The Kier molecular flexibility index (Phi) is 4.99. The molecule has 1 aromatic heterocycles. The molecule has 5 nitrogen and oxygen atoms in total. The Balaban J connectivity index is 1.94. The van der Waals surface area contributed by atoms with Gasteiger partial charge in [0.05, 0.1) is 11.9 Å². The number of aromatic nitrogens is 2. The molecule has 0 fully saturated rings. The van der Waals surface area contributed by atoms with Gasteiger partial charge in [-0.05, 0) is 26.3 Å². The zero-order valence-corrected chi connectivity index (χ0v) is 11.8. The van der Waals surface area contributed by atoms with E-state index in [-0.39, 0.29) is 10.6 Å². The summed E-state index contributed by atoms with van der Waals surface area (Å²) in [6.45, 7) is 5.15. The zero-order valence-electron chi connectivity index (χ0n) is 11.1. The molecule has 2 heterocycles. The van der Waals surface area contributed by atoms with Crippen molar-refractivity contribution in [3.05, 3.63) is 33.2 Å². The highest BCUT2D eigenvalue weighted by Crippen LogP contribution is 2.16. The van der Waals surface area contributed by atoms with Crippen molar-refractivity contribution in [2.24, 2.45) is 0 Å². The summed E-state index contributed by atoms with van der Waals surface area (Å²) in [6.07, 6.45) is 5.89. The number of anilines is 1. The minimum atomic E-state index is -0.241. The normalized spacial score (nSPS) is 15.2. The van der Waals surface area contributed by atoms with E-state index in [4.69, 9.17) is 11.6 Å². The molecule has 0 aromatic carbocycles. The number of nitrogens with zero attached hydrogens (tertiary/aromatic N) is 2. The van der Waals surface area contributed by atoms with Crippen molar-refractivity contribution < 1.29 is 0 Å². The molecule has 0 saturated carbocycles.